The third-order valence-electron chi connectivity index (χ3n) is 7.96. The zero-order valence-corrected chi connectivity index (χ0v) is 22.8. The Morgan fingerprint density at radius 2 is 1.82 bits per heavy atom. The van der Waals surface area contributed by atoms with Gasteiger partial charge in [0.05, 0.1) is 12.5 Å². The van der Waals surface area contributed by atoms with Gasteiger partial charge >= 0.3 is 0 Å². The van der Waals surface area contributed by atoms with Crippen LogP contribution in [-0.4, -0.2) is 85.7 Å². The monoisotopic (exact) mass is 548 g/mol. The van der Waals surface area contributed by atoms with Gasteiger partial charge < -0.3 is 31.0 Å². The number of nitrogens with one attached hydrogen (secondary N) is 3. The number of hydrogen-bond acceptors (Lipinski definition) is 8. The first-order chi connectivity index (χ1) is 19.2. The molecule has 2 amide bonds. The predicted octanol–water partition coefficient (Wildman–Crippen LogP) is 0.125. The lowest BCUT2D eigenvalue weighted by molar-refractivity contribution is -0.607. The maximum absolute atomic E-state index is 13.9. The highest BCUT2D eigenvalue weighted by Gasteiger charge is 2.55. The summed E-state index contributed by atoms with van der Waals surface area (Å²) in [5, 5.41) is 21.6. The van der Waals surface area contributed by atoms with Crippen LogP contribution < -0.4 is 25.6 Å². The highest BCUT2D eigenvalue weighted by atomic mass is 16.5. The molecule has 2 aromatic rings. The van der Waals surface area contributed by atoms with Gasteiger partial charge in [0.15, 0.2) is 12.0 Å². The molecule has 11 heteroatoms. The zero-order chi connectivity index (χ0) is 28.4. The van der Waals surface area contributed by atoms with Crippen molar-refractivity contribution in [3.05, 3.63) is 65.1 Å². The van der Waals surface area contributed by atoms with Crippen LogP contribution in [0, 0.1) is 17.0 Å². The van der Waals surface area contributed by atoms with Gasteiger partial charge in [-0.25, -0.2) is 0 Å². The smallest absolute Gasteiger partial charge is 0.260 e. The summed E-state index contributed by atoms with van der Waals surface area (Å²) in [5.74, 6) is -2.05. The molecule has 1 aromatic heterocycles. The molecule has 4 heterocycles. The van der Waals surface area contributed by atoms with Crippen molar-refractivity contribution in [1.29, 1.82) is 0 Å². The minimum absolute atomic E-state index is 0.00944. The van der Waals surface area contributed by atoms with Gasteiger partial charge in [-0.05, 0) is 42.7 Å². The summed E-state index contributed by atoms with van der Waals surface area (Å²) in [4.78, 5) is 57.1. The van der Waals surface area contributed by atoms with Crippen molar-refractivity contribution >= 4 is 29.1 Å². The number of likely N-dealkylation sites (tertiary alicyclic amines) is 1. The minimum atomic E-state index is -0.871. The maximum Gasteiger partial charge on any atom is 0.260 e. The molecule has 0 bridgehead atoms. The fraction of sp³-hybridized carbons (Fsp3) is 0.483. The first-order valence-electron chi connectivity index (χ1n) is 13.9. The van der Waals surface area contributed by atoms with Gasteiger partial charge in [0.1, 0.15) is 12.1 Å². The van der Waals surface area contributed by atoms with E-state index in [-0.39, 0.29) is 36.4 Å². The van der Waals surface area contributed by atoms with Crippen molar-refractivity contribution in [2.45, 2.75) is 38.4 Å². The van der Waals surface area contributed by atoms with Crippen LogP contribution in [0.3, 0.4) is 0 Å². The number of benzene rings is 1. The fourth-order valence-corrected chi connectivity index (χ4v) is 5.97. The number of pyridine rings is 1. The van der Waals surface area contributed by atoms with E-state index >= 15 is 0 Å². The van der Waals surface area contributed by atoms with Gasteiger partial charge in [-0.2, -0.15) is 4.73 Å². The number of nitrogens with zero attached hydrogens (tertiary/aromatic N) is 3. The summed E-state index contributed by atoms with van der Waals surface area (Å²) in [5.41, 5.74) is 1.45. The van der Waals surface area contributed by atoms with Crippen LogP contribution in [0.25, 0.3) is 0 Å². The second-order valence-corrected chi connectivity index (χ2v) is 11.1. The lowest BCUT2D eigenvalue weighted by Crippen LogP contribution is -2.52. The zero-order valence-electron chi connectivity index (χ0n) is 22.8. The normalized spacial score (nSPS) is 23.3. The lowest BCUT2D eigenvalue weighted by Gasteiger charge is -2.30. The van der Waals surface area contributed by atoms with Gasteiger partial charge in [-0.3, -0.25) is 19.2 Å². The molecular weight excluding hydrogens is 512 g/mol. The number of hydrogen-bond donors (Lipinski definition) is 3. The van der Waals surface area contributed by atoms with Crippen LogP contribution in [0.1, 0.15) is 41.1 Å². The largest absolute Gasteiger partial charge is 0.618 e. The molecule has 5 rings (SSSR count). The van der Waals surface area contributed by atoms with E-state index in [1.807, 2.05) is 26.0 Å². The van der Waals surface area contributed by atoms with E-state index in [2.05, 4.69) is 20.9 Å². The van der Waals surface area contributed by atoms with E-state index in [1.54, 1.807) is 18.2 Å². The summed E-state index contributed by atoms with van der Waals surface area (Å²) in [6.45, 7) is 7.55. The van der Waals surface area contributed by atoms with E-state index < -0.39 is 35.7 Å². The first-order valence-corrected chi connectivity index (χ1v) is 13.9. The third kappa shape index (κ3) is 5.57. The number of rotatable bonds is 8. The molecule has 0 radical (unpaired) electrons. The van der Waals surface area contributed by atoms with E-state index in [0.717, 1.165) is 31.9 Å². The van der Waals surface area contributed by atoms with Crippen LogP contribution in [-0.2, 0) is 9.59 Å². The summed E-state index contributed by atoms with van der Waals surface area (Å²) >= 11 is 0. The molecule has 4 atom stereocenters. The Balaban J connectivity index is 1.33. The van der Waals surface area contributed by atoms with E-state index in [4.69, 9.17) is 0 Å². The molecule has 3 aliphatic heterocycles. The second kappa shape index (κ2) is 11.7. The van der Waals surface area contributed by atoms with Gasteiger partial charge in [0.25, 0.3) is 11.6 Å². The highest BCUT2D eigenvalue weighted by Crippen LogP contribution is 2.31. The van der Waals surface area contributed by atoms with Crippen LogP contribution in [0.4, 0.5) is 5.69 Å². The molecule has 1 aromatic carbocycles. The number of ketones is 2. The summed E-state index contributed by atoms with van der Waals surface area (Å²) < 4.78 is 0.508. The van der Waals surface area contributed by atoms with Crippen molar-refractivity contribution in [2.75, 3.05) is 44.2 Å². The number of fused-ring (bicyclic) bond motifs is 1. The second-order valence-electron chi connectivity index (χ2n) is 11.1. The molecule has 3 aliphatic rings. The molecule has 0 saturated carbocycles. The average Bonchev–Trinajstić information content (AvgIpc) is 3.53. The van der Waals surface area contributed by atoms with Gasteiger partial charge in [-0.15, -0.1) is 0 Å². The Labute approximate surface area is 233 Å². The van der Waals surface area contributed by atoms with E-state index in [0.29, 0.717) is 16.7 Å². The van der Waals surface area contributed by atoms with Crippen LogP contribution in [0.5, 0.6) is 0 Å². The van der Waals surface area contributed by atoms with Crippen molar-refractivity contribution in [2.24, 2.45) is 11.8 Å². The fourth-order valence-electron chi connectivity index (χ4n) is 5.97. The minimum Gasteiger partial charge on any atom is -0.618 e. The van der Waals surface area contributed by atoms with Gasteiger partial charge in [0.2, 0.25) is 11.7 Å². The number of Topliss-reactive ketones (excluding diaryl/α,β-unsaturated/α-hetero) is 2. The Hall–Kier alpha value is -3.83. The molecule has 4 unspecified atom stereocenters. The molecule has 3 saturated heterocycles. The molecule has 3 N–H and O–H groups in total. The quantitative estimate of drug-likeness (QED) is 0.240. The van der Waals surface area contributed by atoms with Crippen molar-refractivity contribution < 1.29 is 23.9 Å². The van der Waals surface area contributed by atoms with E-state index in [1.165, 1.54) is 23.2 Å². The Morgan fingerprint density at radius 3 is 2.50 bits per heavy atom. The Bertz CT molecular complexity index is 1280. The Morgan fingerprint density at radius 1 is 1.10 bits per heavy atom. The third-order valence-corrected chi connectivity index (χ3v) is 7.96. The van der Waals surface area contributed by atoms with E-state index in [9.17, 15) is 24.4 Å². The molecule has 11 nitrogen and oxygen atoms in total. The SMILES string of the molecule is CC(C)CC(NC(=O)c1ccc(N2CCNCC2)cc1)C(=O)N1CC(C(=O)c2cccc[n+]2[O-])C2NCC(=O)C21. The first kappa shape index (κ1) is 27.7. The van der Waals surface area contributed by atoms with Crippen LogP contribution in [0.2, 0.25) is 0 Å². The molecule has 0 aliphatic carbocycles. The number of carbonyl (C=O) groups is 4. The molecule has 40 heavy (non-hydrogen) atoms. The predicted molar refractivity (Wildman–Crippen MR) is 148 cm³/mol. The van der Waals surface area contributed by atoms with Crippen LogP contribution >= 0.6 is 0 Å². The number of amides is 2. The molecule has 3 fully saturated rings. The summed E-state index contributed by atoms with van der Waals surface area (Å²) in [6, 6.07) is 9.64. The molecule has 212 valence electrons. The van der Waals surface area contributed by atoms with Crippen LogP contribution in [0.15, 0.2) is 48.7 Å². The molecular formula is C29H36N6O5. The topological polar surface area (TPSA) is 138 Å². The number of carbonyl (C=O) groups excluding carboxylic acids is 4. The Kier molecular flexibility index (Phi) is 8.13. The highest BCUT2D eigenvalue weighted by molar-refractivity contribution is 6.02. The van der Waals surface area contributed by atoms with Crippen molar-refractivity contribution in [3.8, 4) is 0 Å². The summed E-state index contributed by atoms with van der Waals surface area (Å²) in [6.07, 6.45) is 1.62. The van der Waals surface area contributed by atoms with Crippen molar-refractivity contribution in [3.63, 3.8) is 0 Å². The average molecular weight is 549 g/mol. The summed E-state index contributed by atoms with van der Waals surface area (Å²) in [7, 11) is 0. The van der Waals surface area contributed by atoms with Gasteiger partial charge in [-0.1, -0.05) is 13.8 Å². The van der Waals surface area contributed by atoms with Crippen molar-refractivity contribution in [1.82, 2.24) is 20.9 Å². The maximum atomic E-state index is 13.9. The lowest BCUT2D eigenvalue weighted by atomic mass is 9.93. The van der Waals surface area contributed by atoms with Gasteiger partial charge in [0, 0.05) is 62.1 Å². The number of piperazine rings is 1. The molecule has 0 spiro atoms. The number of aromatic nitrogens is 1. The number of anilines is 1. The standard InChI is InChI=1S/C29H36N6O5/c1-18(2)15-22(32-28(38)19-6-8-20(9-7-19)33-13-10-30-11-14-33)29(39)34-17-21(25-26(34)24(36)16-31-25)27(37)23-5-3-4-12-35(23)40/h3-9,12,18,21-22,25-26,30-31H,10-11,13-17H2,1-2H3,(H,32,38).